The van der Waals surface area contributed by atoms with Gasteiger partial charge in [-0.2, -0.15) is 0 Å². The van der Waals surface area contributed by atoms with E-state index in [1.165, 1.54) is 18.6 Å². The molecule has 1 saturated heterocycles. The summed E-state index contributed by atoms with van der Waals surface area (Å²) in [6.45, 7) is 0.0966. The van der Waals surface area contributed by atoms with E-state index in [4.69, 9.17) is 23.2 Å². The van der Waals surface area contributed by atoms with Crippen molar-refractivity contribution in [2.45, 2.75) is 38.1 Å². The molecule has 6 nitrogen and oxygen atoms in total. The molecule has 0 bridgehead atoms. The molecular formula is C20H22Cl2FN3O3. The van der Waals surface area contributed by atoms with Gasteiger partial charge >= 0.3 is 6.03 Å². The maximum Gasteiger partial charge on any atom is 0.321 e. The van der Waals surface area contributed by atoms with Gasteiger partial charge in [0.2, 0.25) is 11.8 Å². The lowest BCUT2D eigenvalue weighted by Gasteiger charge is -2.30. The number of nitrogens with one attached hydrogen (secondary N) is 3. The van der Waals surface area contributed by atoms with Gasteiger partial charge in [0.25, 0.3) is 0 Å². The van der Waals surface area contributed by atoms with Gasteiger partial charge < -0.3 is 10.6 Å². The summed E-state index contributed by atoms with van der Waals surface area (Å²) in [6, 6.07) is 1.44. The molecule has 3 N–H and O–H groups in total. The van der Waals surface area contributed by atoms with Crippen LogP contribution < -0.4 is 16.0 Å². The number of rotatable bonds is 4. The van der Waals surface area contributed by atoms with Crippen molar-refractivity contribution in [2.24, 2.45) is 23.7 Å². The molecule has 0 radical (unpaired) electrons. The van der Waals surface area contributed by atoms with Gasteiger partial charge in [0.15, 0.2) is 0 Å². The monoisotopic (exact) mass is 441 g/mol. The van der Waals surface area contributed by atoms with Crippen molar-refractivity contribution in [1.82, 2.24) is 16.0 Å². The third-order valence-corrected chi connectivity index (χ3v) is 7.11. The second-order valence-electron chi connectivity index (χ2n) is 8.22. The van der Waals surface area contributed by atoms with E-state index in [1.54, 1.807) is 0 Å². The van der Waals surface area contributed by atoms with Gasteiger partial charge in [-0.05, 0) is 55.6 Å². The Balaban J connectivity index is 1.57. The van der Waals surface area contributed by atoms with Crippen molar-refractivity contribution < 1.29 is 18.8 Å². The highest BCUT2D eigenvalue weighted by molar-refractivity contribution is 6.42. The molecule has 0 spiro atoms. The first-order valence-electron chi connectivity index (χ1n) is 9.85. The van der Waals surface area contributed by atoms with E-state index in [1.807, 2.05) is 0 Å². The average Bonchev–Trinajstić information content (AvgIpc) is 3.27. The average molecular weight is 442 g/mol. The molecule has 9 heteroatoms. The normalized spacial score (nSPS) is 29.8. The Kier molecular flexibility index (Phi) is 5.71. The van der Waals surface area contributed by atoms with Crippen molar-refractivity contribution in [3.8, 4) is 0 Å². The zero-order chi connectivity index (χ0) is 20.7. The summed E-state index contributed by atoms with van der Waals surface area (Å²) in [5.74, 6) is -0.535. The highest BCUT2D eigenvalue weighted by atomic mass is 35.5. The zero-order valence-electron chi connectivity index (χ0n) is 15.6. The van der Waals surface area contributed by atoms with E-state index in [-0.39, 0.29) is 46.8 Å². The molecule has 1 heterocycles. The van der Waals surface area contributed by atoms with Crippen LogP contribution in [0.2, 0.25) is 10.0 Å². The quantitative estimate of drug-likeness (QED) is 0.624. The van der Waals surface area contributed by atoms with Crippen LogP contribution in [0.4, 0.5) is 9.18 Å². The number of urea groups is 1. The van der Waals surface area contributed by atoms with Gasteiger partial charge in [0.05, 0.1) is 22.0 Å². The first-order chi connectivity index (χ1) is 13.8. The molecule has 5 atom stereocenters. The first kappa shape index (κ1) is 20.4. The standard InChI is InChI=1S/C20H22Cl2FN3O3/c21-13-2-3-14(23)16(17(13)22)18(12-6-10-5-11(10)7-12)26-19(28)9-1-4-15(27)25-20(29)24-8-9/h2-3,9-12,18H,1,4-8H2,(H,26,28)(H2,24,25,27,29)/t9-,10-,11?,12?,18-/m1/s1. The molecule has 3 aliphatic rings. The summed E-state index contributed by atoms with van der Waals surface area (Å²) in [7, 11) is 0. The SMILES string of the molecule is O=C1CC[C@@H](C(=O)N[C@@H](c2c(F)ccc(Cl)c2Cl)C2CC3C[C@@H]3C2)CNC(=O)N1. The largest absolute Gasteiger partial charge is 0.349 e. The molecule has 0 aromatic heterocycles. The lowest BCUT2D eigenvalue weighted by Crippen LogP contribution is -2.48. The summed E-state index contributed by atoms with van der Waals surface area (Å²) >= 11 is 12.5. The van der Waals surface area contributed by atoms with Gasteiger partial charge in [-0.15, -0.1) is 0 Å². The zero-order valence-corrected chi connectivity index (χ0v) is 17.2. The Hall–Kier alpha value is -1.86. The number of carbonyl (C=O) groups excluding carboxylic acids is 3. The van der Waals surface area contributed by atoms with E-state index < -0.39 is 29.7 Å². The predicted molar refractivity (Wildman–Crippen MR) is 106 cm³/mol. The van der Waals surface area contributed by atoms with Crippen molar-refractivity contribution in [2.75, 3.05) is 6.54 Å². The number of imide groups is 1. The minimum Gasteiger partial charge on any atom is -0.349 e. The molecule has 1 aromatic carbocycles. The Morgan fingerprint density at radius 1 is 1.17 bits per heavy atom. The summed E-state index contributed by atoms with van der Waals surface area (Å²) in [5.41, 5.74) is 0.214. The molecule has 2 aliphatic carbocycles. The van der Waals surface area contributed by atoms with E-state index in [0.717, 1.165) is 12.8 Å². The molecule has 4 amide bonds. The van der Waals surface area contributed by atoms with E-state index in [9.17, 15) is 18.8 Å². The number of benzene rings is 1. The molecule has 156 valence electrons. The Morgan fingerprint density at radius 3 is 2.62 bits per heavy atom. The smallest absolute Gasteiger partial charge is 0.321 e. The molecule has 4 rings (SSSR count). The van der Waals surface area contributed by atoms with Gasteiger partial charge in [0, 0.05) is 18.5 Å². The van der Waals surface area contributed by atoms with Crippen LogP contribution in [0.15, 0.2) is 12.1 Å². The maximum atomic E-state index is 14.8. The Bertz CT molecular complexity index is 838. The van der Waals surface area contributed by atoms with Crippen LogP contribution in [-0.4, -0.2) is 24.4 Å². The summed E-state index contributed by atoms with van der Waals surface area (Å²) in [6.07, 6.45) is 3.35. The minimum absolute atomic E-state index is 0.0655. The number of fused-ring (bicyclic) bond motifs is 1. The van der Waals surface area contributed by atoms with Crippen LogP contribution in [0.25, 0.3) is 0 Å². The van der Waals surface area contributed by atoms with Crippen LogP contribution in [0, 0.1) is 29.5 Å². The Morgan fingerprint density at radius 2 is 1.90 bits per heavy atom. The van der Waals surface area contributed by atoms with Gasteiger partial charge in [-0.25, -0.2) is 9.18 Å². The summed E-state index contributed by atoms with van der Waals surface area (Å²) < 4.78 is 14.8. The third kappa shape index (κ3) is 4.36. The lowest BCUT2D eigenvalue weighted by molar-refractivity contribution is -0.127. The van der Waals surface area contributed by atoms with Crippen LogP contribution in [-0.2, 0) is 9.59 Å². The van der Waals surface area contributed by atoms with E-state index in [0.29, 0.717) is 11.8 Å². The topological polar surface area (TPSA) is 87.3 Å². The number of amides is 4. The van der Waals surface area contributed by atoms with Gasteiger partial charge in [-0.3, -0.25) is 14.9 Å². The predicted octanol–water partition coefficient (Wildman–Crippen LogP) is 3.57. The van der Waals surface area contributed by atoms with Crippen LogP contribution in [0.1, 0.15) is 43.7 Å². The molecule has 1 aliphatic heterocycles. The first-order valence-corrected chi connectivity index (χ1v) is 10.6. The van der Waals surface area contributed by atoms with Gasteiger partial charge in [0.1, 0.15) is 5.82 Å². The lowest BCUT2D eigenvalue weighted by atomic mass is 9.87. The molecule has 3 fully saturated rings. The van der Waals surface area contributed by atoms with E-state index in [2.05, 4.69) is 16.0 Å². The van der Waals surface area contributed by atoms with Crippen molar-refractivity contribution in [3.63, 3.8) is 0 Å². The molecular weight excluding hydrogens is 420 g/mol. The molecule has 2 unspecified atom stereocenters. The van der Waals surface area contributed by atoms with E-state index >= 15 is 0 Å². The summed E-state index contributed by atoms with van der Waals surface area (Å²) in [4.78, 5) is 36.3. The third-order valence-electron chi connectivity index (χ3n) is 6.29. The number of hydrogen-bond acceptors (Lipinski definition) is 3. The second-order valence-corrected chi connectivity index (χ2v) is 9.01. The molecule has 2 saturated carbocycles. The van der Waals surface area contributed by atoms with Crippen molar-refractivity contribution in [3.05, 3.63) is 33.6 Å². The second kappa shape index (κ2) is 8.11. The molecule has 1 aromatic rings. The fraction of sp³-hybridized carbons (Fsp3) is 0.550. The highest BCUT2D eigenvalue weighted by Crippen LogP contribution is 2.57. The van der Waals surface area contributed by atoms with Crippen LogP contribution in [0.3, 0.4) is 0 Å². The highest BCUT2D eigenvalue weighted by Gasteiger charge is 2.49. The number of hydrogen-bond donors (Lipinski definition) is 3. The minimum atomic E-state index is -0.621. The van der Waals surface area contributed by atoms with Crippen LogP contribution in [0.5, 0.6) is 0 Å². The number of carbonyl (C=O) groups is 3. The van der Waals surface area contributed by atoms with Crippen molar-refractivity contribution >= 4 is 41.0 Å². The number of halogens is 3. The van der Waals surface area contributed by atoms with Crippen molar-refractivity contribution in [1.29, 1.82) is 0 Å². The summed E-state index contributed by atoms with van der Waals surface area (Å²) in [5, 5.41) is 8.02. The fourth-order valence-electron chi connectivity index (χ4n) is 4.64. The molecule has 29 heavy (non-hydrogen) atoms. The fourth-order valence-corrected chi connectivity index (χ4v) is 5.07. The van der Waals surface area contributed by atoms with Gasteiger partial charge in [-0.1, -0.05) is 23.2 Å². The van der Waals surface area contributed by atoms with Crippen LogP contribution >= 0.6 is 23.2 Å². The maximum absolute atomic E-state index is 14.8. The Labute approximate surface area is 177 Å².